The van der Waals surface area contributed by atoms with Gasteiger partial charge in [0.1, 0.15) is 18.2 Å². The predicted octanol–water partition coefficient (Wildman–Crippen LogP) is 4.82. The number of hydrogen-bond donors (Lipinski definition) is 1. The van der Waals surface area contributed by atoms with Crippen LogP contribution in [-0.4, -0.2) is 20.4 Å². The number of hydrogen-bond acceptors (Lipinski definition) is 5. The van der Waals surface area contributed by atoms with Gasteiger partial charge in [0, 0.05) is 25.0 Å². The largest absolute Gasteiger partial charge is 0.489 e. The number of rotatable bonds is 6. The fraction of sp³-hybridized carbons (Fsp3) is 0.136. The number of nitrogens with one attached hydrogen (secondary N) is 1. The van der Waals surface area contributed by atoms with Crippen LogP contribution in [-0.2, 0) is 13.7 Å². The molecule has 30 heavy (non-hydrogen) atoms. The normalized spacial score (nSPS) is 10.8. The molecule has 0 radical (unpaired) electrons. The second-order valence-electron chi connectivity index (χ2n) is 6.69. The number of aromatic nitrogens is 3. The van der Waals surface area contributed by atoms with Crippen molar-refractivity contribution in [2.75, 3.05) is 5.32 Å². The molecule has 2 heterocycles. The molecule has 0 spiro atoms. The summed E-state index contributed by atoms with van der Waals surface area (Å²) in [7, 11) is 1.91. The summed E-state index contributed by atoms with van der Waals surface area (Å²) in [5.41, 5.74) is 2.10. The maximum atomic E-state index is 13.0. The molecule has 1 amide bonds. The fourth-order valence-corrected chi connectivity index (χ4v) is 3.89. The Kier molecular flexibility index (Phi) is 5.58. The maximum absolute atomic E-state index is 13.0. The van der Waals surface area contributed by atoms with Gasteiger partial charge >= 0.3 is 0 Å². The van der Waals surface area contributed by atoms with Crippen LogP contribution in [0, 0.1) is 12.7 Å². The Morgan fingerprint density at radius 1 is 1.23 bits per heavy atom. The number of ether oxygens (including phenoxy) is 1. The first kappa shape index (κ1) is 19.8. The molecule has 4 aromatic rings. The number of thiazole rings is 1. The highest BCUT2D eigenvalue weighted by Gasteiger charge is 2.16. The van der Waals surface area contributed by atoms with E-state index in [-0.39, 0.29) is 18.3 Å². The first-order valence-corrected chi connectivity index (χ1v) is 10.0. The molecular weight excluding hydrogens is 403 g/mol. The molecule has 2 aromatic heterocycles. The van der Waals surface area contributed by atoms with Crippen molar-refractivity contribution < 1.29 is 13.9 Å². The highest BCUT2D eigenvalue weighted by Crippen LogP contribution is 2.31. The van der Waals surface area contributed by atoms with Crippen LogP contribution in [0.25, 0.3) is 10.7 Å². The fourth-order valence-electron chi connectivity index (χ4n) is 2.89. The molecule has 0 unspecified atom stereocenters. The van der Waals surface area contributed by atoms with E-state index in [9.17, 15) is 9.18 Å². The zero-order chi connectivity index (χ0) is 21.1. The quantitative estimate of drug-likeness (QED) is 0.484. The third-order valence-electron chi connectivity index (χ3n) is 4.46. The van der Waals surface area contributed by atoms with Crippen molar-refractivity contribution in [3.05, 3.63) is 83.6 Å². The molecule has 0 atom stereocenters. The lowest BCUT2D eigenvalue weighted by atomic mass is 10.2. The molecular formula is C22H19FN4O2S. The summed E-state index contributed by atoms with van der Waals surface area (Å²) in [5.74, 6) is 0.793. The molecule has 1 N–H and O–H groups in total. The van der Waals surface area contributed by atoms with E-state index in [1.165, 1.54) is 23.5 Å². The molecule has 2 aromatic carbocycles. The Morgan fingerprint density at radius 3 is 2.77 bits per heavy atom. The molecule has 0 saturated carbocycles. The van der Waals surface area contributed by atoms with Gasteiger partial charge in [-0.05, 0) is 42.8 Å². The molecule has 0 aliphatic rings. The van der Waals surface area contributed by atoms with Crippen molar-refractivity contribution in [2.24, 2.45) is 7.05 Å². The zero-order valence-electron chi connectivity index (χ0n) is 16.4. The van der Waals surface area contributed by atoms with Gasteiger partial charge in [-0.3, -0.25) is 10.1 Å². The Bertz CT molecular complexity index is 1180. The van der Waals surface area contributed by atoms with E-state index in [1.54, 1.807) is 42.6 Å². The van der Waals surface area contributed by atoms with E-state index < -0.39 is 0 Å². The van der Waals surface area contributed by atoms with Gasteiger partial charge in [0.15, 0.2) is 11.0 Å². The number of anilines is 1. The first-order valence-electron chi connectivity index (χ1n) is 9.23. The lowest BCUT2D eigenvalue weighted by Crippen LogP contribution is -2.11. The third-order valence-corrected chi connectivity index (χ3v) is 5.53. The van der Waals surface area contributed by atoms with Gasteiger partial charge < -0.3 is 9.30 Å². The van der Waals surface area contributed by atoms with Crippen LogP contribution in [0.1, 0.15) is 21.6 Å². The van der Waals surface area contributed by atoms with Crippen molar-refractivity contribution in [1.82, 2.24) is 14.5 Å². The maximum Gasteiger partial charge on any atom is 0.257 e. The summed E-state index contributed by atoms with van der Waals surface area (Å²) in [4.78, 5) is 22.4. The van der Waals surface area contributed by atoms with Crippen molar-refractivity contribution in [3.63, 3.8) is 0 Å². The molecule has 0 aliphatic heterocycles. The number of halogens is 1. The van der Waals surface area contributed by atoms with Gasteiger partial charge in [-0.25, -0.2) is 14.4 Å². The predicted molar refractivity (Wildman–Crippen MR) is 114 cm³/mol. The van der Waals surface area contributed by atoms with Gasteiger partial charge in [-0.15, -0.1) is 0 Å². The summed E-state index contributed by atoms with van der Waals surface area (Å²) in [6, 6.07) is 13.0. The van der Waals surface area contributed by atoms with Gasteiger partial charge in [-0.2, -0.15) is 0 Å². The van der Waals surface area contributed by atoms with E-state index in [0.717, 1.165) is 22.0 Å². The van der Waals surface area contributed by atoms with Crippen LogP contribution >= 0.6 is 11.3 Å². The third kappa shape index (κ3) is 4.38. The second-order valence-corrected chi connectivity index (χ2v) is 7.69. The summed E-state index contributed by atoms with van der Waals surface area (Å²) in [6.07, 6.45) is 3.59. The number of carbonyl (C=O) groups is 1. The Balaban J connectivity index is 1.44. The average Bonchev–Trinajstić information content (AvgIpc) is 3.32. The lowest BCUT2D eigenvalue weighted by molar-refractivity contribution is 0.102. The van der Waals surface area contributed by atoms with Crippen LogP contribution in [0.4, 0.5) is 9.52 Å². The highest BCUT2D eigenvalue weighted by atomic mass is 32.1. The zero-order valence-corrected chi connectivity index (χ0v) is 17.2. The van der Waals surface area contributed by atoms with Gasteiger partial charge in [-0.1, -0.05) is 29.5 Å². The van der Waals surface area contributed by atoms with Gasteiger partial charge in [0.05, 0.1) is 10.6 Å². The van der Waals surface area contributed by atoms with Crippen molar-refractivity contribution in [1.29, 1.82) is 0 Å². The number of nitrogens with zero attached hydrogens (tertiary/aromatic N) is 3. The lowest BCUT2D eigenvalue weighted by Gasteiger charge is -2.08. The molecule has 0 aliphatic carbocycles. The van der Waals surface area contributed by atoms with E-state index in [1.807, 2.05) is 24.7 Å². The topological polar surface area (TPSA) is 69.0 Å². The molecule has 0 bridgehead atoms. The van der Waals surface area contributed by atoms with Crippen LogP contribution in [0.15, 0.2) is 60.9 Å². The molecule has 4 rings (SSSR count). The molecule has 0 saturated heterocycles. The summed E-state index contributed by atoms with van der Waals surface area (Å²) in [6.45, 7) is 2.17. The first-order chi connectivity index (χ1) is 14.5. The minimum atomic E-state index is -0.291. The molecule has 6 nitrogen and oxygen atoms in total. The summed E-state index contributed by atoms with van der Waals surface area (Å²) < 4.78 is 20.6. The number of imidazole rings is 1. The Morgan fingerprint density at radius 2 is 2.03 bits per heavy atom. The van der Waals surface area contributed by atoms with Crippen molar-refractivity contribution >= 4 is 22.4 Å². The van der Waals surface area contributed by atoms with Crippen LogP contribution in [0.2, 0.25) is 0 Å². The Hall–Kier alpha value is -3.52. The van der Waals surface area contributed by atoms with Gasteiger partial charge in [0.2, 0.25) is 0 Å². The number of carbonyl (C=O) groups excluding carboxylic acids is 1. The van der Waals surface area contributed by atoms with E-state index >= 15 is 0 Å². The minimum Gasteiger partial charge on any atom is -0.489 e. The van der Waals surface area contributed by atoms with Gasteiger partial charge in [0.25, 0.3) is 5.91 Å². The number of amides is 1. The minimum absolute atomic E-state index is 0.276. The second kappa shape index (κ2) is 8.46. The SMILES string of the molecule is Cc1nc(NC(=O)c2cccc(OCc3ccc(F)cc3)c2)sc1-c1nccn1C. The summed E-state index contributed by atoms with van der Waals surface area (Å²) >= 11 is 1.38. The number of aryl methyl sites for hydroxylation is 2. The summed E-state index contributed by atoms with van der Waals surface area (Å²) in [5, 5.41) is 3.35. The van der Waals surface area contributed by atoms with Crippen LogP contribution in [0.5, 0.6) is 5.75 Å². The standard InChI is InChI=1S/C22H19FN4O2S/c1-14-19(20-24-10-11-27(20)2)30-22(25-14)26-21(28)16-4-3-5-18(12-16)29-13-15-6-8-17(23)9-7-15/h3-12H,13H2,1-2H3,(H,25,26,28). The Labute approximate surface area is 177 Å². The highest BCUT2D eigenvalue weighted by molar-refractivity contribution is 7.19. The molecule has 152 valence electrons. The molecule has 0 fully saturated rings. The van der Waals surface area contributed by atoms with Crippen molar-refractivity contribution in [2.45, 2.75) is 13.5 Å². The van der Waals surface area contributed by atoms with Crippen molar-refractivity contribution in [3.8, 4) is 16.5 Å². The van der Waals surface area contributed by atoms with E-state index in [0.29, 0.717) is 16.4 Å². The average molecular weight is 422 g/mol. The van der Waals surface area contributed by atoms with E-state index in [2.05, 4.69) is 15.3 Å². The van der Waals surface area contributed by atoms with E-state index in [4.69, 9.17) is 4.74 Å². The smallest absolute Gasteiger partial charge is 0.257 e. The van der Waals surface area contributed by atoms with Crippen LogP contribution < -0.4 is 10.1 Å². The molecule has 8 heteroatoms. The number of benzene rings is 2. The monoisotopic (exact) mass is 422 g/mol. The van der Waals surface area contributed by atoms with Crippen LogP contribution in [0.3, 0.4) is 0 Å².